The fourth-order valence-corrected chi connectivity index (χ4v) is 2.59. The Morgan fingerprint density at radius 1 is 0.700 bits per heavy atom. The molecule has 0 saturated carbocycles. The van der Waals surface area contributed by atoms with E-state index in [1.165, 1.54) is 81.8 Å². The van der Waals surface area contributed by atoms with E-state index in [4.69, 9.17) is 0 Å². The van der Waals surface area contributed by atoms with Crippen LogP contribution in [0.2, 0.25) is 0 Å². The van der Waals surface area contributed by atoms with Gasteiger partial charge >= 0.3 is 0 Å². The smallest absolute Gasteiger partial charge is 0.00932 e. The summed E-state index contributed by atoms with van der Waals surface area (Å²) in [5.41, 5.74) is 2.89. The molecular weight excluding hydrogens is 240 g/mol. The van der Waals surface area contributed by atoms with Gasteiger partial charge in [-0.25, -0.2) is 0 Å². The highest BCUT2D eigenvalue weighted by Crippen LogP contribution is 2.13. The van der Waals surface area contributed by atoms with Crippen molar-refractivity contribution in [2.75, 3.05) is 0 Å². The lowest BCUT2D eigenvalue weighted by Gasteiger charge is -2.04. The van der Waals surface area contributed by atoms with E-state index in [1.807, 2.05) is 0 Å². The zero-order valence-corrected chi connectivity index (χ0v) is 13.7. The minimum Gasteiger partial charge on any atom is -0.0654 e. The van der Waals surface area contributed by atoms with Crippen molar-refractivity contribution in [2.45, 2.75) is 84.5 Å². The van der Waals surface area contributed by atoms with Crippen LogP contribution in [0.3, 0.4) is 0 Å². The highest BCUT2D eigenvalue weighted by atomic mass is 14.0. The van der Waals surface area contributed by atoms with Gasteiger partial charge in [-0.1, -0.05) is 89.5 Å². The first-order chi connectivity index (χ1) is 9.86. The molecule has 1 radical (unpaired) electrons. The van der Waals surface area contributed by atoms with Crippen molar-refractivity contribution in [1.82, 2.24) is 0 Å². The highest BCUT2D eigenvalue weighted by Gasteiger charge is 1.96. The van der Waals surface area contributed by atoms with Gasteiger partial charge in [-0.2, -0.15) is 0 Å². The quantitative estimate of drug-likeness (QED) is 0.371. The Hall–Kier alpha value is -0.780. The maximum atomic E-state index is 2.33. The van der Waals surface area contributed by atoms with E-state index < -0.39 is 0 Å². The van der Waals surface area contributed by atoms with E-state index in [-0.39, 0.29) is 0 Å². The van der Waals surface area contributed by atoms with Gasteiger partial charge in [0.1, 0.15) is 0 Å². The fourth-order valence-electron chi connectivity index (χ4n) is 2.59. The summed E-state index contributed by atoms with van der Waals surface area (Å²) in [6, 6.07) is 9.16. The molecule has 0 aliphatic rings. The third-order valence-corrected chi connectivity index (χ3v) is 3.97. The second-order valence-electron chi connectivity index (χ2n) is 5.96. The predicted molar refractivity (Wildman–Crippen MR) is 91.1 cm³/mol. The molecule has 0 bridgehead atoms. The van der Waals surface area contributed by atoms with Crippen LogP contribution in [0, 0.1) is 6.42 Å². The van der Waals surface area contributed by atoms with Gasteiger partial charge in [0.05, 0.1) is 0 Å². The number of hydrogen-bond donors (Lipinski definition) is 0. The first-order valence-electron chi connectivity index (χ1n) is 8.79. The number of aryl methyl sites for hydroxylation is 1. The van der Waals surface area contributed by atoms with Crippen molar-refractivity contribution < 1.29 is 0 Å². The average Bonchev–Trinajstić information content (AvgIpc) is 2.49. The van der Waals surface area contributed by atoms with Crippen LogP contribution in [0.15, 0.2) is 24.3 Å². The lowest BCUT2D eigenvalue weighted by Crippen LogP contribution is -1.88. The topological polar surface area (TPSA) is 0 Å². The first-order valence-corrected chi connectivity index (χ1v) is 8.79. The van der Waals surface area contributed by atoms with Gasteiger partial charge < -0.3 is 0 Å². The minimum atomic E-state index is 1.19. The number of hydrogen-bond acceptors (Lipinski definition) is 0. The lowest BCUT2D eigenvalue weighted by molar-refractivity contribution is 0.575. The first kappa shape index (κ1) is 17.3. The molecule has 0 spiro atoms. The molecule has 1 aromatic rings. The van der Waals surface area contributed by atoms with Crippen molar-refractivity contribution in [3.05, 3.63) is 41.8 Å². The van der Waals surface area contributed by atoms with Gasteiger partial charge in [-0.3, -0.25) is 0 Å². The third-order valence-electron chi connectivity index (χ3n) is 3.97. The molecular formula is C20H33. The summed E-state index contributed by atoms with van der Waals surface area (Å²) in [4.78, 5) is 0. The van der Waals surface area contributed by atoms with Gasteiger partial charge in [0.25, 0.3) is 0 Å². The van der Waals surface area contributed by atoms with Gasteiger partial charge in [0.2, 0.25) is 0 Å². The summed E-state index contributed by atoms with van der Waals surface area (Å²) in [6.07, 6.45) is 17.3. The Labute approximate surface area is 127 Å². The minimum absolute atomic E-state index is 1.19. The Morgan fingerprint density at radius 3 is 1.90 bits per heavy atom. The third kappa shape index (κ3) is 8.40. The molecule has 0 aliphatic carbocycles. The molecule has 0 N–H and O–H groups in total. The number of rotatable bonds is 12. The number of unbranched alkanes of at least 4 members (excludes halogenated alkanes) is 8. The molecule has 1 rings (SSSR count). The molecule has 0 atom stereocenters. The molecule has 0 saturated heterocycles. The summed E-state index contributed by atoms with van der Waals surface area (Å²) >= 11 is 0. The van der Waals surface area contributed by atoms with Crippen LogP contribution in [0.25, 0.3) is 0 Å². The van der Waals surface area contributed by atoms with Crippen LogP contribution in [0.5, 0.6) is 0 Å². The SMILES string of the molecule is CCC[CH]c1ccc(CCCCCCCCCC)cc1. The highest BCUT2D eigenvalue weighted by molar-refractivity contribution is 5.27. The molecule has 113 valence electrons. The van der Waals surface area contributed by atoms with E-state index >= 15 is 0 Å². The Bertz CT molecular complexity index is 309. The lowest BCUT2D eigenvalue weighted by atomic mass is 10.0. The monoisotopic (exact) mass is 273 g/mol. The summed E-state index contributed by atoms with van der Waals surface area (Å²) < 4.78 is 0. The molecule has 1 aromatic carbocycles. The number of benzene rings is 1. The molecule has 0 heteroatoms. The Morgan fingerprint density at radius 2 is 1.30 bits per heavy atom. The summed E-state index contributed by atoms with van der Waals surface area (Å²) in [5.74, 6) is 0. The van der Waals surface area contributed by atoms with Crippen molar-refractivity contribution >= 4 is 0 Å². The molecule has 0 aliphatic heterocycles. The van der Waals surface area contributed by atoms with Crippen LogP contribution in [-0.4, -0.2) is 0 Å². The molecule has 0 amide bonds. The van der Waals surface area contributed by atoms with Crippen molar-refractivity contribution in [1.29, 1.82) is 0 Å². The van der Waals surface area contributed by atoms with E-state index in [0.29, 0.717) is 0 Å². The average molecular weight is 273 g/mol. The van der Waals surface area contributed by atoms with Crippen LogP contribution in [0.1, 0.15) is 89.2 Å². The Balaban J connectivity index is 2.04. The molecule has 0 unspecified atom stereocenters. The second kappa shape index (κ2) is 12.0. The van der Waals surface area contributed by atoms with Crippen LogP contribution in [-0.2, 0) is 6.42 Å². The zero-order valence-electron chi connectivity index (χ0n) is 13.7. The van der Waals surface area contributed by atoms with Gasteiger partial charge in [-0.05, 0) is 36.8 Å². The summed E-state index contributed by atoms with van der Waals surface area (Å²) in [7, 11) is 0. The normalized spacial score (nSPS) is 10.9. The Kier molecular flexibility index (Phi) is 10.4. The van der Waals surface area contributed by atoms with E-state index in [2.05, 4.69) is 44.5 Å². The molecule has 0 heterocycles. The molecule has 0 nitrogen and oxygen atoms in total. The molecule has 0 fully saturated rings. The van der Waals surface area contributed by atoms with E-state index in [9.17, 15) is 0 Å². The van der Waals surface area contributed by atoms with Crippen molar-refractivity contribution in [3.8, 4) is 0 Å². The van der Waals surface area contributed by atoms with Gasteiger partial charge in [-0.15, -0.1) is 0 Å². The van der Waals surface area contributed by atoms with Gasteiger partial charge in [0, 0.05) is 0 Å². The van der Waals surface area contributed by atoms with Crippen molar-refractivity contribution in [3.63, 3.8) is 0 Å². The molecule has 20 heavy (non-hydrogen) atoms. The zero-order chi connectivity index (χ0) is 14.5. The van der Waals surface area contributed by atoms with E-state index in [1.54, 1.807) is 0 Å². The van der Waals surface area contributed by atoms with Crippen molar-refractivity contribution in [2.24, 2.45) is 0 Å². The largest absolute Gasteiger partial charge is 0.0654 e. The maximum Gasteiger partial charge on any atom is -0.00932 e. The standard InChI is InChI=1S/C20H33/c1-3-5-7-8-9-10-11-12-14-20-17-15-19(16-18-20)13-6-4-2/h13,15-18H,3-12,14H2,1-2H3. The fraction of sp³-hybridized carbons (Fsp3) is 0.650. The second-order valence-corrected chi connectivity index (χ2v) is 5.96. The van der Waals surface area contributed by atoms with Gasteiger partial charge in [0.15, 0.2) is 0 Å². The van der Waals surface area contributed by atoms with Crippen LogP contribution < -0.4 is 0 Å². The van der Waals surface area contributed by atoms with Crippen LogP contribution in [0.4, 0.5) is 0 Å². The summed E-state index contributed by atoms with van der Waals surface area (Å²) in [6.45, 7) is 4.51. The maximum absolute atomic E-state index is 2.33. The molecule has 0 aromatic heterocycles. The van der Waals surface area contributed by atoms with E-state index in [0.717, 1.165) is 0 Å². The van der Waals surface area contributed by atoms with Crippen LogP contribution >= 0.6 is 0 Å². The summed E-state index contributed by atoms with van der Waals surface area (Å²) in [5, 5.41) is 0. The predicted octanol–water partition coefficient (Wildman–Crippen LogP) is 6.72.